The Morgan fingerprint density at radius 3 is 2.57 bits per heavy atom. The minimum absolute atomic E-state index is 0.549. The molecule has 0 amide bonds. The monoisotopic (exact) mass is 104 g/mol. The molecule has 0 unspecified atom stereocenters. The van der Waals surface area contributed by atoms with Gasteiger partial charge < -0.3 is 4.74 Å². The molecule has 0 N–H and O–H groups in total. The number of methoxy groups -OCH3 is 1. The molecule has 0 aromatic heterocycles. The highest BCUT2D eigenvalue weighted by atomic mass is 16.7. The summed E-state index contributed by atoms with van der Waals surface area (Å²) in [6, 6.07) is 0. The highest BCUT2D eigenvalue weighted by molar-refractivity contribution is 4.18. The van der Waals surface area contributed by atoms with E-state index in [2.05, 4.69) is 15.1 Å². The summed E-state index contributed by atoms with van der Waals surface area (Å²) in [6.45, 7) is 1.16. The third kappa shape index (κ3) is 5.88. The van der Waals surface area contributed by atoms with Gasteiger partial charge in [0.15, 0.2) is 0 Å². The molecule has 0 fully saturated rings. The minimum atomic E-state index is 0.549. The highest BCUT2D eigenvalue weighted by Crippen LogP contribution is 1.67. The Morgan fingerprint density at radius 1 is 1.43 bits per heavy atom. The lowest BCUT2D eigenvalue weighted by molar-refractivity contribution is 0.0131. The molecule has 3 nitrogen and oxygen atoms in total. The zero-order chi connectivity index (χ0) is 5.54. The normalized spacial score (nSPS) is 9.43. The number of hydroxylamine groups is 1. The Balaban J connectivity index is 2.45. The fraction of sp³-hybridized carbons (Fsp3) is 1.00. The summed E-state index contributed by atoms with van der Waals surface area (Å²) in [5.41, 5.74) is 3.39. The van der Waals surface area contributed by atoms with Crippen LogP contribution in [0.1, 0.15) is 0 Å². The van der Waals surface area contributed by atoms with E-state index in [-0.39, 0.29) is 0 Å². The summed E-state index contributed by atoms with van der Waals surface area (Å²) in [7, 11) is 3.22. The summed E-state index contributed by atoms with van der Waals surface area (Å²) in [6.07, 6.45) is 0. The van der Waals surface area contributed by atoms with E-state index in [1.165, 1.54) is 0 Å². The lowest BCUT2D eigenvalue weighted by atomic mass is 10.8. The van der Waals surface area contributed by atoms with Gasteiger partial charge in [0.2, 0.25) is 0 Å². The lowest BCUT2D eigenvalue weighted by Crippen LogP contribution is -2.05. The van der Waals surface area contributed by atoms with Crippen LogP contribution >= 0.6 is 0 Å². The minimum Gasteiger partial charge on any atom is -0.382 e. The molecule has 0 aromatic rings. The van der Waals surface area contributed by atoms with Crippen LogP contribution in [-0.2, 0) is 9.57 Å². The van der Waals surface area contributed by atoms with Crippen LogP contribution in [0.15, 0.2) is 0 Å². The van der Waals surface area contributed by atoms with Gasteiger partial charge in [-0.3, -0.25) is 4.84 Å². The zero-order valence-corrected chi connectivity index (χ0v) is 4.68. The maximum atomic E-state index is 4.66. The maximum absolute atomic E-state index is 4.66. The number of hydrogen-bond donors (Lipinski definition) is 0. The molecule has 0 saturated heterocycles. The van der Waals surface area contributed by atoms with Gasteiger partial charge in [0.05, 0.1) is 13.2 Å². The van der Waals surface area contributed by atoms with Crippen LogP contribution in [0.3, 0.4) is 0 Å². The SMILES string of the molecule is C[N]OCCOC. The van der Waals surface area contributed by atoms with E-state index in [4.69, 9.17) is 0 Å². The van der Waals surface area contributed by atoms with E-state index >= 15 is 0 Å². The van der Waals surface area contributed by atoms with Crippen molar-refractivity contribution in [2.75, 3.05) is 27.4 Å². The summed E-state index contributed by atoms with van der Waals surface area (Å²) in [5.74, 6) is 0. The van der Waals surface area contributed by atoms with Gasteiger partial charge in [-0.2, -0.15) is 0 Å². The molecular weight excluding hydrogens is 94.0 g/mol. The van der Waals surface area contributed by atoms with Crippen molar-refractivity contribution in [2.45, 2.75) is 0 Å². The topological polar surface area (TPSA) is 32.6 Å². The molecule has 0 aliphatic heterocycles. The first-order valence-corrected chi connectivity index (χ1v) is 2.12. The van der Waals surface area contributed by atoms with Crippen LogP contribution in [0.5, 0.6) is 0 Å². The van der Waals surface area contributed by atoms with Crippen LogP contribution in [0.2, 0.25) is 0 Å². The summed E-state index contributed by atoms with van der Waals surface area (Å²) >= 11 is 0. The quantitative estimate of drug-likeness (QED) is 0.365. The third-order valence-electron chi connectivity index (χ3n) is 0.508. The van der Waals surface area contributed by atoms with E-state index in [0.717, 1.165) is 0 Å². The molecule has 0 rings (SSSR count). The Hall–Kier alpha value is -0.120. The van der Waals surface area contributed by atoms with Crippen molar-refractivity contribution < 1.29 is 9.57 Å². The molecule has 0 spiro atoms. The fourth-order valence-electron chi connectivity index (χ4n) is 0.212. The standard InChI is InChI=1S/C4H10NO2/c1-5-7-4-3-6-2/h3-4H2,1-2H3. The predicted molar refractivity (Wildman–Crippen MR) is 25.9 cm³/mol. The Morgan fingerprint density at radius 2 is 2.14 bits per heavy atom. The van der Waals surface area contributed by atoms with E-state index in [1.54, 1.807) is 14.2 Å². The van der Waals surface area contributed by atoms with Gasteiger partial charge in [-0.1, -0.05) is 0 Å². The van der Waals surface area contributed by atoms with E-state index in [9.17, 15) is 0 Å². The molecule has 0 bridgehead atoms. The molecule has 0 aliphatic rings. The molecule has 1 radical (unpaired) electrons. The van der Waals surface area contributed by atoms with Gasteiger partial charge in [0.1, 0.15) is 0 Å². The van der Waals surface area contributed by atoms with Crippen LogP contribution in [-0.4, -0.2) is 27.4 Å². The van der Waals surface area contributed by atoms with Gasteiger partial charge in [-0.15, -0.1) is 5.48 Å². The van der Waals surface area contributed by atoms with Crippen LogP contribution in [0.4, 0.5) is 0 Å². The molecule has 0 atom stereocenters. The van der Waals surface area contributed by atoms with Gasteiger partial charge in [-0.25, -0.2) is 0 Å². The van der Waals surface area contributed by atoms with Gasteiger partial charge in [0, 0.05) is 14.2 Å². The summed E-state index contributed by atoms with van der Waals surface area (Å²) in [5, 5.41) is 0. The second-order valence-electron chi connectivity index (χ2n) is 1.01. The zero-order valence-electron chi connectivity index (χ0n) is 4.68. The van der Waals surface area contributed by atoms with E-state index < -0.39 is 0 Å². The van der Waals surface area contributed by atoms with Crippen molar-refractivity contribution in [2.24, 2.45) is 0 Å². The number of ether oxygens (including phenoxy) is 1. The average molecular weight is 104 g/mol. The van der Waals surface area contributed by atoms with Crippen molar-refractivity contribution in [3.8, 4) is 0 Å². The molecular formula is C4H10NO2. The third-order valence-corrected chi connectivity index (χ3v) is 0.508. The van der Waals surface area contributed by atoms with Crippen LogP contribution in [0, 0.1) is 0 Å². The van der Waals surface area contributed by atoms with Crippen molar-refractivity contribution in [1.82, 2.24) is 5.48 Å². The highest BCUT2D eigenvalue weighted by Gasteiger charge is 1.79. The summed E-state index contributed by atoms with van der Waals surface area (Å²) < 4.78 is 4.66. The largest absolute Gasteiger partial charge is 0.382 e. The first kappa shape index (κ1) is 6.88. The van der Waals surface area contributed by atoms with Crippen molar-refractivity contribution >= 4 is 0 Å². The number of rotatable bonds is 4. The van der Waals surface area contributed by atoms with Gasteiger partial charge in [0.25, 0.3) is 0 Å². The average Bonchev–Trinajstić information content (AvgIpc) is 1.69. The van der Waals surface area contributed by atoms with Crippen LogP contribution < -0.4 is 5.48 Å². The van der Waals surface area contributed by atoms with E-state index in [1.807, 2.05) is 0 Å². The van der Waals surface area contributed by atoms with Gasteiger partial charge >= 0.3 is 0 Å². The van der Waals surface area contributed by atoms with Crippen molar-refractivity contribution in [3.05, 3.63) is 0 Å². The summed E-state index contributed by atoms with van der Waals surface area (Å²) in [4.78, 5) is 4.57. The Bertz CT molecular complexity index is 28.9. The molecule has 7 heavy (non-hydrogen) atoms. The van der Waals surface area contributed by atoms with Gasteiger partial charge in [-0.05, 0) is 0 Å². The Kier molecular flexibility index (Phi) is 5.78. The molecule has 0 heterocycles. The number of hydrogen-bond acceptors (Lipinski definition) is 2. The van der Waals surface area contributed by atoms with E-state index in [0.29, 0.717) is 13.2 Å². The first-order valence-electron chi connectivity index (χ1n) is 2.12. The predicted octanol–water partition coefficient (Wildman–Crippen LogP) is -0.201. The van der Waals surface area contributed by atoms with Crippen LogP contribution in [0.25, 0.3) is 0 Å². The Labute approximate surface area is 43.6 Å². The number of nitrogens with zero attached hydrogens (tertiary/aromatic N) is 1. The van der Waals surface area contributed by atoms with Crippen molar-refractivity contribution in [3.63, 3.8) is 0 Å². The smallest absolute Gasteiger partial charge is 0.0936 e. The van der Waals surface area contributed by atoms with Crippen molar-refractivity contribution in [1.29, 1.82) is 0 Å². The maximum Gasteiger partial charge on any atom is 0.0936 e. The molecule has 0 saturated carbocycles. The fourth-order valence-corrected chi connectivity index (χ4v) is 0.212. The molecule has 0 aromatic carbocycles. The molecule has 3 heteroatoms. The second-order valence-corrected chi connectivity index (χ2v) is 1.01. The molecule has 43 valence electrons. The molecule has 0 aliphatic carbocycles. The lowest BCUT2D eigenvalue weighted by Gasteiger charge is -1.94. The first-order chi connectivity index (χ1) is 3.41. The second kappa shape index (κ2) is 5.88.